The fourth-order valence-electron chi connectivity index (χ4n) is 0.693. The van der Waals surface area contributed by atoms with Gasteiger partial charge < -0.3 is 9.47 Å². The quantitative estimate of drug-likeness (QED) is 0.386. The van der Waals surface area contributed by atoms with Crippen molar-refractivity contribution < 1.29 is 13.9 Å². The van der Waals surface area contributed by atoms with Crippen molar-refractivity contribution in [1.82, 2.24) is 0 Å². The Morgan fingerprint density at radius 1 is 1.18 bits per heavy atom. The standard InChI is InChI=1S/C10H15FO2.2C2H6/c1-4-5-10(8-9(2)11)13-7-6-12-3;2*1-2/h4-5,8H,1,6-7H2,2-3H3;2*1-2H3/b9-8+,10-5-;;. The first kappa shape index (κ1) is 21.2. The zero-order valence-electron chi connectivity index (χ0n) is 12.0. The van der Waals surface area contributed by atoms with Gasteiger partial charge in [0.05, 0.1) is 6.61 Å². The molecule has 17 heavy (non-hydrogen) atoms. The molecule has 0 atom stereocenters. The SMILES string of the molecule is C=C/C=C(/C=C(\C)F)OCCOC.CC.CC. The lowest BCUT2D eigenvalue weighted by Gasteiger charge is -2.05. The highest BCUT2D eigenvalue weighted by Crippen LogP contribution is 2.05. The van der Waals surface area contributed by atoms with E-state index in [1.165, 1.54) is 13.0 Å². The molecule has 2 nitrogen and oxygen atoms in total. The molecule has 0 unspecified atom stereocenters. The Bertz CT molecular complexity index is 204. The van der Waals surface area contributed by atoms with Crippen LogP contribution in [-0.4, -0.2) is 20.3 Å². The Hall–Kier alpha value is -1.09. The number of rotatable bonds is 6. The number of hydrogen-bond acceptors (Lipinski definition) is 2. The second-order valence-electron chi connectivity index (χ2n) is 2.38. The summed E-state index contributed by atoms with van der Waals surface area (Å²) >= 11 is 0. The van der Waals surface area contributed by atoms with Crippen LogP contribution in [0.2, 0.25) is 0 Å². The molecule has 0 saturated carbocycles. The van der Waals surface area contributed by atoms with E-state index in [0.717, 1.165) is 0 Å². The van der Waals surface area contributed by atoms with Gasteiger partial charge in [-0.3, -0.25) is 0 Å². The average Bonchev–Trinajstić information content (AvgIpc) is 2.34. The zero-order valence-corrected chi connectivity index (χ0v) is 12.0. The molecule has 0 bridgehead atoms. The summed E-state index contributed by atoms with van der Waals surface area (Å²) < 4.78 is 22.4. The smallest absolute Gasteiger partial charge is 0.121 e. The van der Waals surface area contributed by atoms with Gasteiger partial charge in [-0.2, -0.15) is 0 Å². The molecule has 0 aliphatic heterocycles. The molecular weight excluding hydrogens is 219 g/mol. The second kappa shape index (κ2) is 20.3. The number of ether oxygens (including phenoxy) is 2. The lowest BCUT2D eigenvalue weighted by Crippen LogP contribution is -2.00. The van der Waals surface area contributed by atoms with Gasteiger partial charge >= 0.3 is 0 Å². The Labute approximate surface area is 106 Å². The molecule has 0 N–H and O–H groups in total. The summed E-state index contributed by atoms with van der Waals surface area (Å²) in [6.45, 7) is 13.7. The molecule has 0 radical (unpaired) electrons. The number of methoxy groups -OCH3 is 1. The first-order chi connectivity index (χ1) is 8.20. The minimum atomic E-state index is -0.300. The third-order valence-electron chi connectivity index (χ3n) is 1.18. The van der Waals surface area contributed by atoms with Gasteiger partial charge in [0.25, 0.3) is 0 Å². The van der Waals surface area contributed by atoms with E-state index in [2.05, 4.69) is 6.58 Å². The summed E-state index contributed by atoms with van der Waals surface area (Å²) in [5, 5.41) is 0. The van der Waals surface area contributed by atoms with Crippen LogP contribution in [0.15, 0.2) is 36.4 Å². The highest BCUT2D eigenvalue weighted by molar-refractivity contribution is 5.18. The van der Waals surface area contributed by atoms with Crippen LogP contribution in [0.25, 0.3) is 0 Å². The zero-order chi connectivity index (χ0) is 14.1. The lowest BCUT2D eigenvalue weighted by atomic mass is 10.4. The molecule has 102 valence electrons. The van der Waals surface area contributed by atoms with Crippen molar-refractivity contribution in [1.29, 1.82) is 0 Å². The van der Waals surface area contributed by atoms with Crippen LogP contribution < -0.4 is 0 Å². The molecule has 0 spiro atoms. The van der Waals surface area contributed by atoms with Gasteiger partial charge in [-0.15, -0.1) is 0 Å². The molecule has 0 aliphatic rings. The lowest BCUT2D eigenvalue weighted by molar-refractivity contribution is 0.114. The van der Waals surface area contributed by atoms with Crippen molar-refractivity contribution in [2.75, 3.05) is 20.3 Å². The van der Waals surface area contributed by atoms with Crippen LogP contribution in [0.5, 0.6) is 0 Å². The average molecular weight is 246 g/mol. The third-order valence-corrected chi connectivity index (χ3v) is 1.18. The molecule has 0 saturated heterocycles. The maximum atomic E-state index is 12.5. The summed E-state index contributed by atoms with van der Waals surface area (Å²) in [6, 6.07) is 0. The minimum Gasteiger partial charge on any atom is -0.491 e. The van der Waals surface area contributed by atoms with E-state index in [-0.39, 0.29) is 5.83 Å². The molecule has 0 aliphatic carbocycles. The van der Waals surface area contributed by atoms with Crippen LogP contribution >= 0.6 is 0 Å². The summed E-state index contributed by atoms with van der Waals surface area (Å²) in [6.07, 6.45) is 4.44. The van der Waals surface area contributed by atoms with Crippen LogP contribution in [0.1, 0.15) is 34.6 Å². The Morgan fingerprint density at radius 2 is 1.71 bits per heavy atom. The monoisotopic (exact) mass is 246 g/mol. The second-order valence-corrected chi connectivity index (χ2v) is 2.38. The molecule has 0 aromatic heterocycles. The normalized spacial score (nSPS) is 10.5. The largest absolute Gasteiger partial charge is 0.491 e. The van der Waals surface area contributed by atoms with E-state index < -0.39 is 0 Å². The van der Waals surface area contributed by atoms with Crippen molar-refractivity contribution in [3.8, 4) is 0 Å². The van der Waals surface area contributed by atoms with Crippen LogP contribution in [0, 0.1) is 0 Å². The molecule has 0 aromatic carbocycles. The van der Waals surface area contributed by atoms with Gasteiger partial charge in [-0.25, -0.2) is 4.39 Å². The summed E-state index contributed by atoms with van der Waals surface area (Å²) in [7, 11) is 1.58. The predicted molar refractivity (Wildman–Crippen MR) is 73.7 cm³/mol. The van der Waals surface area contributed by atoms with E-state index in [0.29, 0.717) is 19.0 Å². The van der Waals surface area contributed by atoms with E-state index >= 15 is 0 Å². The highest BCUT2D eigenvalue weighted by Gasteiger charge is 1.93. The molecule has 0 amide bonds. The first-order valence-corrected chi connectivity index (χ1v) is 5.99. The van der Waals surface area contributed by atoms with Crippen molar-refractivity contribution in [2.45, 2.75) is 34.6 Å². The molecule has 0 fully saturated rings. The maximum absolute atomic E-state index is 12.5. The molecular formula is C14H27FO2. The number of halogens is 1. The molecule has 3 heteroatoms. The molecule has 0 heterocycles. The summed E-state index contributed by atoms with van der Waals surface area (Å²) in [5.74, 6) is 0.151. The summed E-state index contributed by atoms with van der Waals surface area (Å²) in [5.41, 5.74) is 0. The molecule has 0 rings (SSSR count). The van der Waals surface area contributed by atoms with Gasteiger partial charge in [-0.05, 0) is 13.0 Å². The predicted octanol–water partition coefficient (Wildman–Crippen LogP) is 4.65. The van der Waals surface area contributed by atoms with Crippen molar-refractivity contribution in [3.05, 3.63) is 36.4 Å². The Balaban J connectivity index is -0.000000439. The van der Waals surface area contributed by atoms with Crippen molar-refractivity contribution >= 4 is 0 Å². The third kappa shape index (κ3) is 20.9. The van der Waals surface area contributed by atoms with E-state index in [1.54, 1.807) is 19.3 Å². The van der Waals surface area contributed by atoms with E-state index in [9.17, 15) is 4.39 Å². The van der Waals surface area contributed by atoms with Crippen LogP contribution in [-0.2, 0) is 9.47 Å². The van der Waals surface area contributed by atoms with Gasteiger partial charge in [0, 0.05) is 13.2 Å². The Morgan fingerprint density at radius 3 is 2.06 bits per heavy atom. The minimum absolute atomic E-state index is 0.300. The van der Waals surface area contributed by atoms with Gasteiger partial charge in [0.2, 0.25) is 0 Å². The topological polar surface area (TPSA) is 18.5 Å². The van der Waals surface area contributed by atoms with Gasteiger partial charge in [0.1, 0.15) is 18.2 Å². The van der Waals surface area contributed by atoms with Crippen molar-refractivity contribution in [3.63, 3.8) is 0 Å². The Kier molecular flexibility index (Phi) is 25.4. The van der Waals surface area contributed by atoms with Crippen LogP contribution in [0.4, 0.5) is 4.39 Å². The van der Waals surface area contributed by atoms with Gasteiger partial charge in [0.15, 0.2) is 0 Å². The first-order valence-electron chi connectivity index (χ1n) is 5.99. The van der Waals surface area contributed by atoms with Crippen LogP contribution in [0.3, 0.4) is 0 Å². The number of hydrogen-bond donors (Lipinski definition) is 0. The van der Waals surface area contributed by atoms with Crippen molar-refractivity contribution in [2.24, 2.45) is 0 Å². The highest BCUT2D eigenvalue weighted by atomic mass is 19.1. The van der Waals surface area contributed by atoms with Gasteiger partial charge in [-0.1, -0.05) is 40.3 Å². The summed E-state index contributed by atoms with van der Waals surface area (Å²) in [4.78, 5) is 0. The number of allylic oxidation sites excluding steroid dienone is 4. The molecule has 0 aromatic rings. The maximum Gasteiger partial charge on any atom is 0.121 e. The fourth-order valence-corrected chi connectivity index (χ4v) is 0.693. The van der Waals surface area contributed by atoms with E-state index in [1.807, 2.05) is 27.7 Å². The fraction of sp³-hybridized carbons (Fsp3) is 0.571. The van der Waals surface area contributed by atoms with E-state index in [4.69, 9.17) is 9.47 Å².